The number of carbonyl (C=O) groups excluding carboxylic acids is 1. The molecule has 2 aromatic rings. The molecule has 0 aliphatic carbocycles. The zero-order chi connectivity index (χ0) is 20.1. The highest BCUT2D eigenvalue weighted by Gasteiger charge is 2.25. The highest BCUT2D eigenvalue weighted by Crippen LogP contribution is 2.23. The van der Waals surface area contributed by atoms with E-state index < -0.39 is 10.0 Å². The van der Waals surface area contributed by atoms with E-state index in [-0.39, 0.29) is 10.8 Å². The van der Waals surface area contributed by atoms with E-state index in [4.69, 9.17) is 9.26 Å². The number of ether oxygens (including phenoxy) is 1. The molecule has 1 amide bonds. The van der Waals surface area contributed by atoms with Crippen LogP contribution in [-0.4, -0.2) is 50.1 Å². The van der Waals surface area contributed by atoms with Crippen molar-refractivity contribution in [1.82, 2.24) is 9.46 Å². The zero-order valence-electron chi connectivity index (χ0n) is 15.8. The van der Waals surface area contributed by atoms with E-state index in [1.165, 1.54) is 4.31 Å². The third kappa shape index (κ3) is 4.49. The van der Waals surface area contributed by atoms with Crippen molar-refractivity contribution in [3.8, 4) is 0 Å². The van der Waals surface area contributed by atoms with E-state index in [1.807, 2.05) is 0 Å². The summed E-state index contributed by atoms with van der Waals surface area (Å²) >= 11 is 0. The Labute approximate surface area is 164 Å². The molecule has 2 heterocycles. The van der Waals surface area contributed by atoms with E-state index in [0.29, 0.717) is 49.9 Å². The molecule has 9 heteroatoms. The van der Waals surface area contributed by atoms with Crippen LogP contribution >= 0.6 is 0 Å². The second-order valence-electron chi connectivity index (χ2n) is 6.33. The summed E-state index contributed by atoms with van der Waals surface area (Å²) in [7, 11) is -3.51. The minimum atomic E-state index is -3.51. The quantitative estimate of drug-likeness (QED) is 0.792. The SMILES string of the molecule is CCC(=O)Nc1c(C)noc1C=Cc1ccc(S(=O)(=O)N2CCOCC2)cc1. The summed E-state index contributed by atoms with van der Waals surface area (Å²) < 4.78 is 37.2. The molecule has 3 rings (SSSR count). The molecule has 1 fully saturated rings. The molecule has 1 aromatic carbocycles. The predicted molar refractivity (Wildman–Crippen MR) is 105 cm³/mol. The van der Waals surface area contributed by atoms with E-state index >= 15 is 0 Å². The normalized spacial score (nSPS) is 15.8. The molecule has 1 aromatic heterocycles. The standard InChI is InChI=1S/C19H23N3O5S/c1-3-18(23)20-19-14(2)21-27-17(19)9-6-15-4-7-16(8-5-15)28(24,25)22-10-12-26-13-11-22/h4-9H,3,10-13H2,1-2H3,(H,20,23). The van der Waals surface area contributed by atoms with Crippen molar-refractivity contribution in [2.75, 3.05) is 31.6 Å². The Bertz CT molecular complexity index is 958. The second kappa shape index (κ2) is 8.68. The monoisotopic (exact) mass is 405 g/mol. The summed E-state index contributed by atoms with van der Waals surface area (Å²) in [6.07, 6.45) is 3.82. The van der Waals surface area contributed by atoms with E-state index in [1.54, 1.807) is 50.3 Å². The fraction of sp³-hybridized carbons (Fsp3) is 0.368. The van der Waals surface area contributed by atoms with Crippen LogP contribution in [0.3, 0.4) is 0 Å². The van der Waals surface area contributed by atoms with Gasteiger partial charge in [-0.25, -0.2) is 8.42 Å². The van der Waals surface area contributed by atoms with Crippen molar-refractivity contribution in [1.29, 1.82) is 0 Å². The molecular formula is C19H23N3O5S. The summed E-state index contributed by atoms with van der Waals surface area (Å²) in [5, 5.41) is 6.65. The first-order valence-electron chi connectivity index (χ1n) is 9.04. The predicted octanol–water partition coefficient (Wildman–Crippen LogP) is 2.52. The Morgan fingerprint density at radius 1 is 1.21 bits per heavy atom. The average molecular weight is 405 g/mol. The molecule has 0 saturated carbocycles. The third-order valence-corrected chi connectivity index (χ3v) is 6.30. The second-order valence-corrected chi connectivity index (χ2v) is 8.27. The smallest absolute Gasteiger partial charge is 0.243 e. The number of amides is 1. The van der Waals surface area contributed by atoms with Crippen molar-refractivity contribution >= 4 is 33.8 Å². The third-order valence-electron chi connectivity index (χ3n) is 4.39. The molecule has 28 heavy (non-hydrogen) atoms. The largest absolute Gasteiger partial charge is 0.379 e. The number of hydrogen-bond acceptors (Lipinski definition) is 6. The highest BCUT2D eigenvalue weighted by molar-refractivity contribution is 7.89. The van der Waals surface area contributed by atoms with Gasteiger partial charge in [0.25, 0.3) is 0 Å². The van der Waals surface area contributed by atoms with Gasteiger partial charge in [0.15, 0.2) is 5.76 Å². The highest BCUT2D eigenvalue weighted by atomic mass is 32.2. The van der Waals surface area contributed by atoms with Crippen molar-refractivity contribution in [3.63, 3.8) is 0 Å². The minimum absolute atomic E-state index is 0.126. The molecule has 1 N–H and O–H groups in total. The first kappa shape index (κ1) is 20.2. The van der Waals surface area contributed by atoms with Gasteiger partial charge in [0.1, 0.15) is 11.4 Å². The van der Waals surface area contributed by atoms with Crippen LogP contribution in [0.1, 0.15) is 30.4 Å². The van der Waals surface area contributed by atoms with Gasteiger partial charge in [0.05, 0.1) is 18.1 Å². The number of morpholine rings is 1. The number of sulfonamides is 1. The van der Waals surface area contributed by atoms with E-state index in [2.05, 4.69) is 10.5 Å². The average Bonchev–Trinajstić information content (AvgIpc) is 3.06. The number of nitrogens with one attached hydrogen (secondary N) is 1. The summed E-state index contributed by atoms with van der Waals surface area (Å²) in [5.41, 5.74) is 1.92. The first-order chi connectivity index (χ1) is 13.4. The topological polar surface area (TPSA) is 102 Å². The van der Waals surface area contributed by atoms with Crippen LogP contribution in [0.15, 0.2) is 33.7 Å². The van der Waals surface area contributed by atoms with Gasteiger partial charge in [-0.2, -0.15) is 4.31 Å². The number of aryl methyl sites for hydroxylation is 1. The van der Waals surface area contributed by atoms with Crippen LogP contribution in [0.2, 0.25) is 0 Å². The molecule has 0 atom stereocenters. The lowest BCUT2D eigenvalue weighted by Crippen LogP contribution is -2.40. The lowest BCUT2D eigenvalue weighted by molar-refractivity contribution is -0.115. The van der Waals surface area contributed by atoms with Crippen LogP contribution in [0.4, 0.5) is 5.69 Å². The van der Waals surface area contributed by atoms with Crippen LogP contribution in [-0.2, 0) is 19.6 Å². The number of benzene rings is 1. The van der Waals surface area contributed by atoms with Gasteiger partial charge in [-0.15, -0.1) is 0 Å². The Hall–Kier alpha value is -2.49. The van der Waals surface area contributed by atoms with Gasteiger partial charge in [0.2, 0.25) is 15.9 Å². The zero-order valence-corrected chi connectivity index (χ0v) is 16.7. The molecule has 150 valence electrons. The van der Waals surface area contributed by atoms with Crippen LogP contribution in [0.25, 0.3) is 12.2 Å². The van der Waals surface area contributed by atoms with Crippen LogP contribution in [0, 0.1) is 6.92 Å². The number of rotatable bonds is 6. The van der Waals surface area contributed by atoms with Gasteiger partial charge < -0.3 is 14.6 Å². The number of carbonyl (C=O) groups is 1. The Morgan fingerprint density at radius 2 is 1.89 bits per heavy atom. The molecule has 0 bridgehead atoms. The van der Waals surface area contributed by atoms with E-state index in [0.717, 1.165) is 5.56 Å². The van der Waals surface area contributed by atoms with Gasteiger partial charge in [-0.05, 0) is 30.7 Å². The Morgan fingerprint density at radius 3 is 2.54 bits per heavy atom. The lowest BCUT2D eigenvalue weighted by Gasteiger charge is -2.26. The maximum Gasteiger partial charge on any atom is 0.243 e. The Balaban J connectivity index is 1.75. The molecule has 8 nitrogen and oxygen atoms in total. The number of hydrogen-bond donors (Lipinski definition) is 1. The van der Waals surface area contributed by atoms with Gasteiger partial charge >= 0.3 is 0 Å². The lowest BCUT2D eigenvalue weighted by atomic mass is 10.2. The number of anilines is 1. The molecule has 0 radical (unpaired) electrons. The molecule has 1 aliphatic heterocycles. The number of nitrogens with zero attached hydrogens (tertiary/aromatic N) is 2. The van der Waals surface area contributed by atoms with Crippen LogP contribution < -0.4 is 5.32 Å². The molecule has 0 spiro atoms. The molecule has 0 unspecified atom stereocenters. The fourth-order valence-electron chi connectivity index (χ4n) is 2.74. The molecule has 1 saturated heterocycles. The van der Waals surface area contributed by atoms with Crippen LogP contribution in [0.5, 0.6) is 0 Å². The first-order valence-corrected chi connectivity index (χ1v) is 10.5. The Kier molecular flexibility index (Phi) is 6.28. The summed E-state index contributed by atoms with van der Waals surface area (Å²) in [5.74, 6) is 0.308. The maximum atomic E-state index is 12.6. The van der Waals surface area contributed by atoms with Crippen molar-refractivity contribution < 1.29 is 22.5 Å². The summed E-state index contributed by atoms with van der Waals surface area (Å²) in [6.45, 7) is 5.06. The van der Waals surface area contributed by atoms with Crippen molar-refractivity contribution in [2.24, 2.45) is 0 Å². The maximum absolute atomic E-state index is 12.6. The number of aromatic nitrogens is 1. The van der Waals surface area contributed by atoms with Gasteiger partial charge in [-0.1, -0.05) is 30.3 Å². The van der Waals surface area contributed by atoms with Crippen molar-refractivity contribution in [2.45, 2.75) is 25.2 Å². The van der Waals surface area contributed by atoms with Gasteiger partial charge in [-0.3, -0.25) is 4.79 Å². The van der Waals surface area contributed by atoms with E-state index in [9.17, 15) is 13.2 Å². The summed E-state index contributed by atoms with van der Waals surface area (Å²) in [6, 6.07) is 6.60. The molecule has 1 aliphatic rings. The fourth-order valence-corrected chi connectivity index (χ4v) is 4.15. The summed E-state index contributed by atoms with van der Waals surface area (Å²) in [4.78, 5) is 11.9. The minimum Gasteiger partial charge on any atom is -0.379 e. The molecular weight excluding hydrogens is 382 g/mol. The van der Waals surface area contributed by atoms with Gasteiger partial charge in [0, 0.05) is 19.5 Å². The van der Waals surface area contributed by atoms with Crippen molar-refractivity contribution in [3.05, 3.63) is 41.3 Å².